The van der Waals surface area contributed by atoms with Crippen LogP contribution >= 0.6 is 8.53 Å². The van der Waals surface area contributed by atoms with Crippen molar-refractivity contribution in [2.45, 2.75) is 13.8 Å². The van der Waals surface area contributed by atoms with Crippen LogP contribution in [-0.2, 0) is 14.1 Å². The summed E-state index contributed by atoms with van der Waals surface area (Å²) < 4.78 is 10.1. The average Bonchev–Trinajstić information content (AvgIpc) is 2.27. The summed E-state index contributed by atoms with van der Waals surface area (Å²) in [4.78, 5) is 4.82. The van der Waals surface area contributed by atoms with Gasteiger partial charge in [0.15, 0.2) is 0 Å². The highest BCUT2D eigenvalue weighted by Gasteiger charge is 2.09. The van der Waals surface area contributed by atoms with E-state index in [0.717, 1.165) is 5.69 Å². The van der Waals surface area contributed by atoms with Gasteiger partial charge in [0.25, 0.3) is 0 Å². The lowest BCUT2D eigenvalue weighted by molar-refractivity contribution is -0.201. The van der Waals surface area contributed by atoms with Gasteiger partial charge in [0.05, 0.1) is 6.61 Å². The van der Waals surface area contributed by atoms with Crippen molar-refractivity contribution in [2.24, 2.45) is 0 Å². The van der Waals surface area contributed by atoms with Crippen LogP contribution in [0.25, 0.3) is 0 Å². The molecule has 15 heavy (non-hydrogen) atoms. The molecule has 84 valence electrons. The second-order valence-corrected chi connectivity index (χ2v) is 4.15. The Bertz CT molecular complexity index is 279. The van der Waals surface area contributed by atoms with Gasteiger partial charge in [-0.15, -0.1) is 0 Å². The summed E-state index contributed by atoms with van der Waals surface area (Å²) in [6.45, 7) is 4.40. The molecule has 5 heteroatoms. The molecule has 0 saturated heterocycles. The first-order chi connectivity index (χ1) is 7.26. The maximum Gasteiger partial charge on any atom is 0.318 e. The zero-order valence-electron chi connectivity index (χ0n) is 9.19. The average molecular weight is 229 g/mol. The predicted molar refractivity (Wildman–Crippen MR) is 61.4 cm³/mol. The second kappa shape index (κ2) is 6.75. The van der Waals surface area contributed by atoms with E-state index in [9.17, 15) is 0 Å². The lowest BCUT2D eigenvalue weighted by Gasteiger charge is -2.14. The maximum absolute atomic E-state index is 5.09. The summed E-state index contributed by atoms with van der Waals surface area (Å²) in [5, 5.41) is 3.09. The van der Waals surface area contributed by atoms with Crippen molar-refractivity contribution >= 4 is 14.2 Å². The third kappa shape index (κ3) is 4.58. The van der Waals surface area contributed by atoms with E-state index in [1.54, 1.807) is 7.11 Å². The molecule has 0 aromatic heterocycles. The number of benzene rings is 1. The number of aryl methyl sites for hydroxylation is 1. The minimum atomic E-state index is -1.22. The normalized spacial score (nSPS) is 12.5. The van der Waals surface area contributed by atoms with Gasteiger partial charge in [-0.05, 0) is 26.0 Å². The van der Waals surface area contributed by atoms with Crippen molar-refractivity contribution < 1.29 is 14.1 Å². The molecule has 1 aromatic carbocycles. The fourth-order valence-corrected chi connectivity index (χ4v) is 1.68. The van der Waals surface area contributed by atoms with Crippen molar-refractivity contribution in [1.29, 1.82) is 0 Å². The van der Waals surface area contributed by atoms with Crippen LogP contribution in [0.5, 0.6) is 0 Å². The molecular formula is C10H16NO3P. The molecule has 1 rings (SSSR count). The van der Waals surface area contributed by atoms with Crippen LogP contribution in [-0.4, -0.2) is 13.7 Å². The van der Waals surface area contributed by atoms with Gasteiger partial charge in [0.2, 0.25) is 0 Å². The van der Waals surface area contributed by atoms with Crippen molar-refractivity contribution in [3.05, 3.63) is 29.8 Å². The number of hydrogen-bond donors (Lipinski definition) is 1. The summed E-state index contributed by atoms with van der Waals surface area (Å²) in [6, 6.07) is 7.98. The zero-order chi connectivity index (χ0) is 11.1. The molecule has 1 atom stereocenters. The van der Waals surface area contributed by atoms with Crippen LogP contribution in [0, 0.1) is 6.92 Å². The van der Waals surface area contributed by atoms with Gasteiger partial charge in [-0.1, -0.05) is 17.7 Å². The van der Waals surface area contributed by atoms with Crippen LogP contribution in [0.3, 0.4) is 0 Å². The summed E-state index contributed by atoms with van der Waals surface area (Å²) in [5.41, 5.74) is 2.17. The molecule has 0 aliphatic heterocycles. The van der Waals surface area contributed by atoms with Crippen molar-refractivity contribution in [2.75, 3.05) is 18.8 Å². The molecule has 0 amide bonds. The molecule has 0 saturated carbocycles. The smallest absolute Gasteiger partial charge is 0.318 e. The Hall–Kier alpha value is -0.670. The molecule has 0 bridgehead atoms. The summed E-state index contributed by atoms with van der Waals surface area (Å²) >= 11 is 0. The number of rotatable bonds is 6. The number of nitrogens with one attached hydrogen (secondary N) is 1. The molecule has 0 spiro atoms. The van der Waals surface area contributed by atoms with E-state index in [2.05, 4.69) is 5.09 Å². The Labute approximate surface area is 91.4 Å². The second-order valence-electron chi connectivity index (χ2n) is 2.90. The van der Waals surface area contributed by atoms with E-state index in [1.807, 2.05) is 38.1 Å². The Morgan fingerprint density at radius 3 is 2.47 bits per heavy atom. The van der Waals surface area contributed by atoms with Crippen LogP contribution in [0.4, 0.5) is 5.69 Å². The monoisotopic (exact) mass is 229 g/mol. The summed E-state index contributed by atoms with van der Waals surface area (Å²) in [6.07, 6.45) is 0. The molecule has 0 aliphatic carbocycles. The Morgan fingerprint density at radius 1 is 1.27 bits per heavy atom. The van der Waals surface area contributed by atoms with Gasteiger partial charge < -0.3 is 9.61 Å². The first-order valence-corrected chi connectivity index (χ1v) is 5.91. The highest BCUT2D eigenvalue weighted by molar-refractivity contribution is 7.48. The van der Waals surface area contributed by atoms with Gasteiger partial charge in [-0.25, -0.2) is 4.89 Å². The van der Waals surface area contributed by atoms with E-state index in [-0.39, 0.29) is 0 Å². The fraction of sp³-hybridized carbons (Fsp3) is 0.400. The van der Waals surface area contributed by atoms with Crippen molar-refractivity contribution in [3.8, 4) is 0 Å². The lowest BCUT2D eigenvalue weighted by Crippen LogP contribution is -1.99. The standard InChI is InChI=1S/C10H16NO3P/c1-4-13-14-15(12-3)11-10-7-5-9(2)6-8-10/h5-8,11H,4H2,1-3H3. The quantitative estimate of drug-likeness (QED) is 0.461. The molecule has 4 nitrogen and oxygen atoms in total. The Balaban J connectivity index is 2.47. The zero-order valence-corrected chi connectivity index (χ0v) is 10.1. The topological polar surface area (TPSA) is 39.7 Å². The minimum Gasteiger partial charge on any atom is -0.319 e. The summed E-state index contributed by atoms with van der Waals surface area (Å²) in [7, 11) is 0.353. The van der Waals surface area contributed by atoms with E-state index in [4.69, 9.17) is 14.1 Å². The number of anilines is 1. The van der Waals surface area contributed by atoms with Crippen LogP contribution < -0.4 is 5.09 Å². The van der Waals surface area contributed by atoms with E-state index < -0.39 is 8.53 Å². The van der Waals surface area contributed by atoms with Gasteiger partial charge in [-0.3, -0.25) is 0 Å². The van der Waals surface area contributed by atoms with Crippen molar-refractivity contribution in [1.82, 2.24) is 0 Å². The first kappa shape index (κ1) is 12.4. The van der Waals surface area contributed by atoms with E-state index >= 15 is 0 Å². The fourth-order valence-electron chi connectivity index (χ4n) is 0.929. The molecule has 1 N–H and O–H groups in total. The van der Waals surface area contributed by atoms with Crippen LogP contribution in [0.15, 0.2) is 24.3 Å². The first-order valence-electron chi connectivity index (χ1n) is 4.73. The SMILES string of the molecule is CCOOP(Nc1ccc(C)cc1)OC. The molecule has 1 aromatic rings. The van der Waals surface area contributed by atoms with Crippen LogP contribution in [0.1, 0.15) is 12.5 Å². The molecule has 0 heterocycles. The Morgan fingerprint density at radius 2 is 1.93 bits per heavy atom. The summed E-state index contributed by atoms with van der Waals surface area (Å²) in [5.74, 6) is 0. The highest BCUT2D eigenvalue weighted by atomic mass is 31.2. The van der Waals surface area contributed by atoms with E-state index in [1.165, 1.54) is 5.56 Å². The maximum atomic E-state index is 5.09. The van der Waals surface area contributed by atoms with Gasteiger partial charge in [-0.2, -0.15) is 4.67 Å². The minimum absolute atomic E-state index is 0.498. The van der Waals surface area contributed by atoms with Gasteiger partial charge in [0.1, 0.15) is 0 Å². The van der Waals surface area contributed by atoms with Gasteiger partial charge in [0, 0.05) is 12.8 Å². The largest absolute Gasteiger partial charge is 0.319 e. The van der Waals surface area contributed by atoms with E-state index in [0.29, 0.717) is 6.61 Å². The Kier molecular flexibility index (Phi) is 5.58. The molecular weight excluding hydrogens is 213 g/mol. The third-order valence-electron chi connectivity index (χ3n) is 1.68. The third-order valence-corrected chi connectivity index (χ3v) is 2.69. The molecule has 0 fully saturated rings. The van der Waals surface area contributed by atoms with Crippen LogP contribution in [0.2, 0.25) is 0 Å². The van der Waals surface area contributed by atoms with Crippen molar-refractivity contribution in [3.63, 3.8) is 0 Å². The number of hydrogen-bond acceptors (Lipinski definition) is 4. The lowest BCUT2D eigenvalue weighted by atomic mass is 10.2. The predicted octanol–water partition coefficient (Wildman–Crippen LogP) is 3.25. The molecule has 1 unspecified atom stereocenters. The molecule has 0 aliphatic rings. The molecule has 0 radical (unpaired) electrons. The highest BCUT2D eigenvalue weighted by Crippen LogP contribution is 2.37. The van der Waals surface area contributed by atoms with Gasteiger partial charge >= 0.3 is 8.53 Å².